The average Bonchev–Trinajstić information content (AvgIpc) is 3.13. The quantitative estimate of drug-likeness (QED) is 0.762. The zero-order chi connectivity index (χ0) is 14.7. The van der Waals surface area contributed by atoms with E-state index in [2.05, 4.69) is 26.3 Å². The molecule has 1 N–H and O–H groups in total. The van der Waals surface area contributed by atoms with Crippen molar-refractivity contribution in [3.05, 3.63) is 69.1 Å². The highest BCUT2D eigenvalue weighted by Crippen LogP contribution is 2.14. The summed E-state index contributed by atoms with van der Waals surface area (Å²) in [6.45, 7) is 0.669. The Labute approximate surface area is 134 Å². The highest BCUT2D eigenvalue weighted by Gasteiger charge is 2.08. The molecular weight excluding hydrogens is 350 g/mol. The van der Waals surface area contributed by atoms with Gasteiger partial charge < -0.3 is 5.32 Å². The third kappa shape index (κ3) is 3.59. The molecule has 21 heavy (non-hydrogen) atoms. The van der Waals surface area contributed by atoms with E-state index in [1.165, 1.54) is 11.3 Å². The van der Waals surface area contributed by atoms with Crippen molar-refractivity contribution < 1.29 is 4.79 Å². The van der Waals surface area contributed by atoms with Crippen molar-refractivity contribution in [1.29, 1.82) is 0 Å². The number of amides is 1. The smallest absolute Gasteiger partial charge is 0.265 e. The van der Waals surface area contributed by atoms with E-state index in [4.69, 9.17) is 0 Å². The molecule has 0 aliphatic rings. The fourth-order valence-corrected chi connectivity index (χ4v) is 2.78. The summed E-state index contributed by atoms with van der Waals surface area (Å²) in [4.78, 5) is 12.6. The highest BCUT2D eigenvalue weighted by atomic mass is 79.9. The van der Waals surface area contributed by atoms with Gasteiger partial charge in [0.1, 0.15) is 0 Å². The van der Waals surface area contributed by atoms with Crippen LogP contribution >= 0.6 is 27.3 Å². The van der Waals surface area contributed by atoms with Gasteiger partial charge in [-0.1, -0.05) is 34.1 Å². The minimum atomic E-state index is -0.104. The number of rotatable bonds is 4. The van der Waals surface area contributed by atoms with E-state index in [0.29, 0.717) is 17.1 Å². The van der Waals surface area contributed by atoms with Gasteiger partial charge in [-0.3, -0.25) is 9.48 Å². The molecule has 0 fully saturated rings. The molecule has 1 aromatic carbocycles. The largest absolute Gasteiger partial charge is 0.319 e. The lowest BCUT2D eigenvalue weighted by molar-refractivity contribution is 0.103. The Balaban J connectivity index is 1.66. The minimum absolute atomic E-state index is 0.104. The van der Waals surface area contributed by atoms with Crippen molar-refractivity contribution in [1.82, 2.24) is 9.78 Å². The van der Waals surface area contributed by atoms with Crippen LogP contribution in [0.2, 0.25) is 0 Å². The second-order valence-corrected chi connectivity index (χ2v) is 6.35. The lowest BCUT2D eigenvalue weighted by Crippen LogP contribution is -2.09. The fourth-order valence-electron chi connectivity index (χ4n) is 1.89. The summed E-state index contributed by atoms with van der Waals surface area (Å²) in [5.74, 6) is -0.104. The first kappa shape index (κ1) is 14.0. The number of anilines is 1. The lowest BCUT2D eigenvalue weighted by Gasteiger charge is -2.02. The maximum Gasteiger partial charge on any atom is 0.265 e. The minimum Gasteiger partial charge on any atom is -0.319 e. The van der Waals surface area contributed by atoms with Gasteiger partial charge in [0, 0.05) is 10.7 Å². The Morgan fingerprint density at radius 2 is 2.10 bits per heavy atom. The van der Waals surface area contributed by atoms with Crippen LogP contribution in [0.3, 0.4) is 0 Å². The van der Waals surface area contributed by atoms with Crippen LogP contribution in [-0.2, 0) is 6.54 Å². The van der Waals surface area contributed by atoms with E-state index in [-0.39, 0.29) is 5.91 Å². The van der Waals surface area contributed by atoms with E-state index in [0.717, 1.165) is 10.0 Å². The molecule has 2 aromatic heterocycles. The molecule has 0 spiro atoms. The number of carbonyl (C=O) groups is 1. The van der Waals surface area contributed by atoms with Gasteiger partial charge in [-0.15, -0.1) is 11.3 Å². The maximum atomic E-state index is 11.9. The summed E-state index contributed by atoms with van der Waals surface area (Å²) in [7, 11) is 0. The van der Waals surface area contributed by atoms with Gasteiger partial charge in [-0.2, -0.15) is 5.10 Å². The van der Waals surface area contributed by atoms with Crippen molar-refractivity contribution in [3.8, 4) is 0 Å². The number of hydrogen-bond acceptors (Lipinski definition) is 3. The van der Waals surface area contributed by atoms with Crippen molar-refractivity contribution in [2.75, 3.05) is 5.32 Å². The number of halogens is 1. The van der Waals surface area contributed by atoms with E-state index in [9.17, 15) is 4.79 Å². The number of carbonyl (C=O) groups excluding carboxylic acids is 1. The van der Waals surface area contributed by atoms with Gasteiger partial charge in [-0.05, 0) is 29.1 Å². The first-order chi connectivity index (χ1) is 10.2. The molecule has 0 saturated carbocycles. The van der Waals surface area contributed by atoms with Crippen LogP contribution in [0.25, 0.3) is 0 Å². The predicted molar refractivity (Wildman–Crippen MR) is 87.7 cm³/mol. The summed E-state index contributed by atoms with van der Waals surface area (Å²) in [5.41, 5.74) is 1.85. The van der Waals surface area contributed by atoms with Crippen LogP contribution in [0.5, 0.6) is 0 Å². The molecule has 4 nitrogen and oxygen atoms in total. The second-order valence-electron chi connectivity index (χ2n) is 4.48. The van der Waals surface area contributed by atoms with Crippen LogP contribution < -0.4 is 5.32 Å². The molecule has 3 rings (SSSR count). The molecule has 0 unspecified atom stereocenters. The van der Waals surface area contributed by atoms with Gasteiger partial charge in [-0.25, -0.2) is 0 Å². The molecule has 6 heteroatoms. The molecule has 106 valence electrons. The molecule has 0 bridgehead atoms. The maximum absolute atomic E-state index is 11.9. The van der Waals surface area contributed by atoms with E-state index >= 15 is 0 Å². The summed E-state index contributed by atoms with van der Waals surface area (Å²) in [5, 5.41) is 8.98. The molecular formula is C15H12BrN3OS. The molecule has 2 heterocycles. The Hall–Kier alpha value is -1.92. The second kappa shape index (κ2) is 6.24. The van der Waals surface area contributed by atoms with Gasteiger partial charge in [0.2, 0.25) is 0 Å². The zero-order valence-electron chi connectivity index (χ0n) is 11.0. The number of hydrogen-bond donors (Lipinski definition) is 1. The molecule has 3 aromatic rings. The average molecular weight is 362 g/mol. The lowest BCUT2D eigenvalue weighted by atomic mass is 10.2. The summed E-state index contributed by atoms with van der Waals surface area (Å²) in [6.07, 6.45) is 3.48. The Morgan fingerprint density at radius 1 is 1.29 bits per heavy atom. The molecule has 0 aliphatic carbocycles. The summed E-state index contributed by atoms with van der Waals surface area (Å²) >= 11 is 4.83. The van der Waals surface area contributed by atoms with Crippen LogP contribution in [0, 0.1) is 0 Å². The van der Waals surface area contributed by atoms with Crippen LogP contribution in [0.1, 0.15) is 15.2 Å². The van der Waals surface area contributed by atoms with Crippen molar-refractivity contribution >= 4 is 38.9 Å². The number of benzene rings is 1. The first-order valence-electron chi connectivity index (χ1n) is 6.32. The Morgan fingerprint density at radius 3 is 2.81 bits per heavy atom. The van der Waals surface area contributed by atoms with Crippen molar-refractivity contribution in [3.63, 3.8) is 0 Å². The summed E-state index contributed by atoms with van der Waals surface area (Å²) < 4.78 is 2.85. The van der Waals surface area contributed by atoms with Crippen LogP contribution in [-0.4, -0.2) is 15.7 Å². The third-order valence-corrected chi connectivity index (χ3v) is 4.29. The summed E-state index contributed by atoms with van der Waals surface area (Å²) in [6, 6.07) is 11.7. The van der Waals surface area contributed by atoms with Gasteiger partial charge in [0.05, 0.1) is 23.3 Å². The zero-order valence-corrected chi connectivity index (χ0v) is 13.4. The number of thiophene rings is 1. The normalized spacial score (nSPS) is 10.5. The standard InChI is InChI=1S/C15H12BrN3OS/c16-12-5-3-11(4-6-12)9-19-10-13(8-17-19)18-15(20)14-2-1-7-21-14/h1-8,10H,9H2,(H,18,20). The van der Waals surface area contributed by atoms with E-state index in [1.54, 1.807) is 16.9 Å². The molecule has 0 atom stereocenters. The molecule has 0 aliphatic heterocycles. The number of aromatic nitrogens is 2. The van der Waals surface area contributed by atoms with Gasteiger partial charge in [0.25, 0.3) is 5.91 Å². The Kier molecular flexibility index (Phi) is 4.17. The fraction of sp³-hybridized carbons (Fsp3) is 0.0667. The van der Waals surface area contributed by atoms with E-state index in [1.807, 2.05) is 41.9 Å². The first-order valence-corrected chi connectivity index (χ1v) is 8.00. The van der Waals surface area contributed by atoms with E-state index < -0.39 is 0 Å². The molecule has 0 saturated heterocycles. The van der Waals surface area contributed by atoms with Crippen LogP contribution in [0.15, 0.2) is 58.6 Å². The molecule has 1 amide bonds. The SMILES string of the molecule is O=C(Nc1cnn(Cc2ccc(Br)cc2)c1)c1cccs1. The Bertz CT molecular complexity index is 735. The van der Waals surface area contributed by atoms with Crippen molar-refractivity contribution in [2.45, 2.75) is 6.54 Å². The third-order valence-electron chi connectivity index (χ3n) is 2.89. The topological polar surface area (TPSA) is 46.9 Å². The van der Waals surface area contributed by atoms with Gasteiger partial charge in [0.15, 0.2) is 0 Å². The molecule has 0 radical (unpaired) electrons. The van der Waals surface area contributed by atoms with Crippen LogP contribution in [0.4, 0.5) is 5.69 Å². The van der Waals surface area contributed by atoms with Crippen molar-refractivity contribution in [2.24, 2.45) is 0 Å². The predicted octanol–water partition coefficient (Wildman–Crippen LogP) is 4.01. The number of nitrogens with one attached hydrogen (secondary N) is 1. The monoisotopic (exact) mass is 361 g/mol. The number of nitrogens with zero attached hydrogens (tertiary/aromatic N) is 2. The van der Waals surface area contributed by atoms with Gasteiger partial charge >= 0.3 is 0 Å². The highest BCUT2D eigenvalue weighted by molar-refractivity contribution is 9.10.